The summed E-state index contributed by atoms with van der Waals surface area (Å²) in [4.78, 5) is 27.4. The lowest BCUT2D eigenvalue weighted by atomic mass is 9.98. The van der Waals surface area contributed by atoms with Crippen molar-refractivity contribution in [2.45, 2.75) is 40.0 Å². The predicted octanol–water partition coefficient (Wildman–Crippen LogP) is 2.00. The van der Waals surface area contributed by atoms with Crippen LogP contribution in [0.15, 0.2) is 11.1 Å². The van der Waals surface area contributed by atoms with Crippen LogP contribution in [0.3, 0.4) is 0 Å². The molecule has 2 aliphatic heterocycles. The zero-order valence-electron chi connectivity index (χ0n) is 13.4. The summed E-state index contributed by atoms with van der Waals surface area (Å²) in [6, 6.07) is 0.0294. The summed E-state index contributed by atoms with van der Waals surface area (Å²) in [6.45, 7) is 9.70. The Labute approximate surface area is 127 Å². The van der Waals surface area contributed by atoms with E-state index in [1.54, 1.807) is 6.92 Å². The third-order valence-corrected chi connectivity index (χ3v) is 4.71. The topological polar surface area (TPSA) is 52.7 Å². The van der Waals surface area contributed by atoms with Crippen molar-refractivity contribution < 1.29 is 9.59 Å². The first-order valence-electron chi connectivity index (χ1n) is 7.91. The highest BCUT2D eigenvalue weighted by atomic mass is 16.2. The Hall–Kier alpha value is -1.52. The fourth-order valence-electron chi connectivity index (χ4n) is 3.05. The number of amides is 3. The van der Waals surface area contributed by atoms with E-state index in [-0.39, 0.29) is 11.9 Å². The molecule has 5 nitrogen and oxygen atoms in total. The fraction of sp³-hybridized carbons (Fsp3) is 0.750. The number of rotatable bonds is 2. The second-order valence-corrected chi connectivity index (χ2v) is 6.39. The first-order valence-corrected chi connectivity index (χ1v) is 7.91. The molecule has 0 aromatic carbocycles. The molecule has 0 saturated carbocycles. The molecule has 0 radical (unpaired) electrons. The monoisotopic (exact) mass is 293 g/mol. The van der Waals surface area contributed by atoms with Crippen molar-refractivity contribution in [2.24, 2.45) is 5.92 Å². The van der Waals surface area contributed by atoms with Gasteiger partial charge in [0.2, 0.25) is 5.91 Å². The second kappa shape index (κ2) is 6.96. The van der Waals surface area contributed by atoms with E-state index in [0.29, 0.717) is 12.5 Å². The lowest BCUT2D eigenvalue weighted by Crippen LogP contribution is -2.47. The fourth-order valence-corrected chi connectivity index (χ4v) is 3.05. The number of urea groups is 1. The van der Waals surface area contributed by atoms with Gasteiger partial charge in [0.25, 0.3) is 0 Å². The lowest BCUT2D eigenvalue weighted by Gasteiger charge is -2.33. The Kier molecular flexibility index (Phi) is 5.26. The number of carbonyl (C=O) groups is 2. The van der Waals surface area contributed by atoms with Gasteiger partial charge >= 0.3 is 6.03 Å². The molecule has 1 atom stereocenters. The van der Waals surface area contributed by atoms with Gasteiger partial charge < -0.3 is 15.1 Å². The normalized spacial score (nSPS) is 23.3. The van der Waals surface area contributed by atoms with E-state index >= 15 is 0 Å². The average molecular weight is 293 g/mol. The number of nitrogens with zero attached hydrogens (tertiary/aromatic N) is 2. The first kappa shape index (κ1) is 15.9. The van der Waals surface area contributed by atoms with Gasteiger partial charge in [0.1, 0.15) is 0 Å². The molecule has 1 saturated heterocycles. The van der Waals surface area contributed by atoms with Gasteiger partial charge in [-0.3, -0.25) is 4.79 Å². The van der Waals surface area contributed by atoms with Crippen molar-refractivity contribution in [3.63, 3.8) is 0 Å². The van der Waals surface area contributed by atoms with Crippen molar-refractivity contribution in [1.29, 1.82) is 0 Å². The molecular formula is C16H27N3O2. The highest BCUT2D eigenvalue weighted by Crippen LogP contribution is 2.18. The van der Waals surface area contributed by atoms with E-state index in [2.05, 4.69) is 19.2 Å². The van der Waals surface area contributed by atoms with Gasteiger partial charge in [-0.2, -0.15) is 0 Å². The van der Waals surface area contributed by atoms with Crippen LogP contribution in [-0.2, 0) is 4.79 Å². The third kappa shape index (κ3) is 4.22. The summed E-state index contributed by atoms with van der Waals surface area (Å²) in [7, 11) is 0. The van der Waals surface area contributed by atoms with E-state index in [4.69, 9.17) is 0 Å². The molecule has 3 amide bonds. The van der Waals surface area contributed by atoms with Gasteiger partial charge in [0, 0.05) is 39.6 Å². The third-order valence-electron chi connectivity index (χ3n) is 4.71. The van der Waals surface area contributed by atoms with Crippen LogP contribution in [0.2, 0.25) is 0 Å². The molecule has 5 heteroatoms. The first-order chi connectivity index (χ1) is 9.97. The van der Waals surface area contributed by atoms with Crippen LogP contribution in [0.1, 0.15) is 40.0 Å². The molecule has 21 heavy (non-hydrogen) atoms. The van der Waals surface area contributed by atoms with Crippen LogP contribution in [0.5, 0.6) is 0 Å². The quantitative estimate of drug-likeness (QED) is 0.792. The molecule has 2 rings (SSSR count). The molecule has 0 aromatic heterocycles. The Bertz CT molecular complexity index is 445. The lowest BCUT2D eigenvalue weighted by molar-refractivity contribution is -0.130. The Morgan fingerprint density at radius 1 is 1.19 bits per heavy atom. The summed E-state index contributed by atoms with van der Waals surface area (Å²) >= 11 is 0. The van der Waals surface area contributed by atoms with Crippen LogP contribution in [0.4, 0.5) is 4.79 Å². The molecule has 0 aliphatic carbocycles. The van der Waals surface area contributed by atoms with Gasteiger partial charge in [0.15, 0.2) is 0 Å². The number of hydrogen-bond donors (Lipinski definition) is 1. The number of piperidine rings is 1. The van der Waals surface area contributed by atoms with Crippen LogP contribution in [0.25, 0.3) is 0 Å². The summed E-state index contributed by atoms with van der Waals surface area (Å²) in [5, 5.41) is 3.04. The molecule has 118 valence electrons. The predicted molar refractivity (Wildman–Crippen MR) is 82.9 cm³/mol. The van der Waals surface area contributed by atoms with Crippen LogP contribution in [-0.4, -0.2) is 54.5 Å². The maximum absolute atomic E-state index is 12.2. The molecule has 0 aromatic rings. The molecule has 0 spiro atoms. The van der Waals surface area contributed by atoms with Gasteiger partial charge in [-0.25, -0.2) is 4.79 Å². The molecular weight excluding hydrogens is 266 g/mol. The van der Waals surface area contributed by atoms with E-state index in [1.165, 1.54) is 11.1 Å². The van der Waals surface area contributed by atoms with Crippen molar-refractivity contribution >= 4 is 11.9 Å². The van der Waals surface area contributed by atoms with E-state index in [0.717, 1.165) is 45.4 Å². The molecule has 2 heterocycles. The van der Waals surface area contributed by atoms with Crippen LogP contribution >= 0.6 is 0 Å². The Morgan fingerprint density at radius 2 is 1.95 bits per heavy atom. The molecule has 0 bridgehead atoms. The number of nitrogens with one attached hydrogen (secondary N) is 1. The minimum absolute atomic E-state index is 0.0294. The molecule has 1 N–H and O–H groups in total. The minimum atomic E-state index is 0.0294. The van der Waals surface area contributed by atoms with Gasteiger partial charge in [-0.1, -0.05) is 11.1 Å². The maximum Gasteiger partial charge on any atom is 0.317 e. The smallest absolute Gasteiger partial charge is 0.317 e. The van der Waals surface area contributed by atoms with Crippen molar-refractivity contribution in [2.75, 3.05) is 32.7 Å². The zero-order valence-corrected chi connectivity index (χ0v) is 13.4. The average Bonchev–Trinajstić information content (AvgIpc) is 2.48. The highest BCUT2D eigenvalue weighted by Gasteiger charge is 2.23. The van der Waals surface area contributed by atoms with E-state index < -0.39 is 0 Å². The van der Waals surface area contributed by atoms with E-state index in [1.807, 2.05) is 9.80 Å². The largest absolute Gasteiger partial charge is 0.343 e. The number of hydrogen-bond acceptors (Lipinski definition) is 2. The highest BCUT2D eigenvalue weighted by molar-refractivity contribution is 5.75. The maximum atomic E-state index is 12.2. The standard InChI is InChI=1S/C16H27N3O2/c1-12-6-8-19(10-13(12)2)16(21)17-9-15-5-4-7-18(11-15)14(3)20/h15H,4-11H2,1-3H3,(H,17,21). The summed E-state index contributed by atoms with van der Waals surface area (Å²) in [6.07, 6.45) is 3.09. The Balaban J connectivity index is 1.78. The number of likely N-dealkylation sites (tertiary alicyclic amines) is 1. The molecule has 1 unspecified atom stereocenters. The number of carbonyl (C=O) groups excluding carboxylic acids is 2. The molecule has 2 aliphatic rings. The summed E-state index contributed by atoms with van der Waals surface area (Å²) < 4.78 is 0. The van der Waals surface area contributed by atoms with Crippen molar-refractivity contribution in [1.82, 2.24) is 15.1 Å². The Morgan fingerprint density at radius 3 is 2.62 bits per heavy atom. The summed E-state index contributed by atoms with van der Waals surface area (Å²) in [5.41, 5.74) is 2.71. The van der Waals surface area contributed by atoms with Crippen molar-refractivity contribution in [3.05, 3.63) is 11.1 Å². The molecule has 1 fully saturated rings. The summed E-state index contributed by atoms with van der Waals surface area (Å²) in [5.74, 6) is 0.521. The van der Waals surface area contributed by atoms with Crippen LogP contribution in [0, 0.1) is 5.92 Å². The second-order valence-electron chi connectivity index (χ2n) is 6.39. The van der Waals surface area contributed by atoms with Gasteiger partial charge in [-0.15, -0.1) is 0 Å². The van der Waals surface area contributed by atoms with E-state index in [9.17, 15) is 9.59 Å². The van der Waals surface area contributed by atoms with Gasteiger partial charge in [-0.05, 0) is 39.0 Å². The van der Waals surface area contributed by atoms with Gasteiger partial charge in [0.05, 0.1) is 0 Å². The SMILES string of the molecule is CC(=O)N1CCCC(CNC(=O)N2CCC(C)=C(C)C2)C1. The van der Waals surface area contributed by atoms with Crippen molar-refractivity contribution in [3.8, 4) is 0 Å². The van der Waals surface area contributed by atoms with Crippen LogP contribution < -0.4 is 5.32 Å². The minimum Gasteiger partial charge on any atom is -0.343 e. The zero-order chi connectivity index (χ0) is 15.4.